The van der Waals surface area contributed by atoms with E-state index in [4.69, 9.17) is 5.11 Å². The van der Waals surface area contributed by atoms with Gasteiger partial charge in [-0.2, -0.15) is 0 Å². The summed E-state index contributed by atoms with van der Waals surface area (Å²) in [5.74, 6) is -0.902. The third-order valence-electron chi connectivity index (χ3n) is 2.60. The molecule has 1 aliphatic rings. The molecule has 0 bridgehead atoms. The zero-order valence-corrected chi connectivity index (χ0v) is 9.17. The van der Waals surface area contributed by atoms with Gasteiger partial charge >= 0.3 is 12.0 Å². The fourth-order valence-electron chi connectivity index (χ4n) is 1.83. The Balaban J connectivity index is 1.95. The number of nitrogens with one attached hydrogen (secondary N) is 1. The van der Waals surface area contributed by atoms with Crippen molar-refractivity contribution in [2.45, 2.75) is 19.0 Å². The average Bonchev–Trinajstić information content (AvgIpc) is 2.59. The van der Waals surface area contributed by atoms with Gasteiger partial charge in [0, 0.05) is 25.5 Å². The predicted molar refractivity (Wildman–Crippen MR) is 59.2 cm³/mol. The summed E-state index contributed by atoms with van der Waals surface area (Å²) >= 11 is 0. The van der Waals surface area contributed by atoms with E-state index in [2.05, 4.69) is 10.3 Å². The van der Waals surface area contributed by atoms with Crippen LogP contribution in [-0.4, -0.2) is 39.6 Å². The lowest BCUT2D eigenvalue weighted by Gasteiger charge is -2.14. The molecule has 2 rings (SSSR count). The molecule has 90 valence electrons. The molecule has 1 saturated heterocycles. The molecule has 6 heteroatoms. The smallest absolute Gasteiger partial charge is 0.318 e. The highest BCUT2D eigenvalue weighted by Gasteiger charge is 2.29. The van der Waals surface area contributed by atoms with E-state index in [9.17, 15) is 9.59 Å². The summed E-state index contributed by atoms with van der Waals surface area (Å²) in [5.41, 5.74) is 0.978. The van der Waals surface area contributed by atoms with Crippen LogP contribution in [0.25, 0.3) is 0 Å². The van der Waals surface area contributed by atoms with Gasteiger partial charge in [-0.25, -0.2) is 4.79 Å². The van der Waals surface area contributed by atoms with E-state index >= 15 is 0 Å². The number of carboxylic acids is 1. The number of carboxylic acid groups (broad SMARTS) is 1. The average molecular weight is 235 g/mol. The Bertz CT molecular complexity index is 421. The first-order chi connectivity index (χ1) is 8.15. The standard InChI is InChI=1S/C11H13N3O3/c15-10(16)5-9-7-14(11(17)13-9)6-8-1-3-12-4-2-8/h1-4,9H,5-7H2,(H,13,17)(H,15,16). The molecule has 1 aromatic heterocycles. The second-order valence-corrected chi connectivity index (χ2v) is 3.98. The summed E-state index contributed by atoms with van der Waals surface area (Å²) in [5, 5.41) is 11.3. The fraction of sp³-hybridized carbons (Fsp3) is 0.364. The van der Waals surface area contributed by atoms with E-state index in [1.165, 1.54) is 0 Å². The zero-order chi connectivity index (χ0) is 12.3. The molecule has 6 nitrogen and oxygen atoms in total. The van der Waals surface area contributed by atoms with Crippen molar-refractivity contribution in [1.82, 2.24) is 15.2 Å². The van der Waals surface area contributed by atoms with Gasteiger partial charge in [0.05, 0.1) is 12.5 Å². The van der Waals surface area contributed by atoms with Crippen LogP contribution >= 0.6 is 0 Å². The second-order valence-electron chi connectivity index (χ2n) is 3.98. The predicted octanol–water partition coefficient (Wildman–Crippen LogP) is 0.450. The van der Waals surface area contributed by atoms with Gasteiger partial charge in [0.1, 0.15) is 0 Å². The Labute approximate surface area is 98.3 Å². The lowest BCUT2D eigenvalue weighted by Crippen LogP contribution is -2.29. The quantitative estimate of drug-likeness (QED) is 0.793. The van der Waals surface area contributed by atoms with Gasteiger partial charge in [0.25, 0.3) is 0 Å². The molecule has 0 aliphatic carbocycles. The monoisotopic (exact) mass is 235 g/mol. The van der Waals surface area contributed by atoms with Gasteiger partial charge in [-0.1, -0.05) is 0 Å². The van der Waals surface area contributed by atoms with Crippen LogP contribution < -0.4 is 5.32 Å². The molecule has 2 heterocycles. The fourth-order valence-corrected chi connectivity index (χ4v) is 1.83. The largest absolute Gasteiger partial charge is 0.481 e. The van der Waals surface area contributed by atoms with E-state index in [1.807, 2.05) is 12.1 Å². The van der Waals surface area contributed by atoms with E-state index in [1.54, 1.807) is 17.3 Å². The first-order valence-electron chi connectivity index (χ1n) is 5.31. The normalized spacial score (nSPS) is 19.2. The van der Waals surface area contributed by atoms with Gasteiger partial charge in [0.15, 0.2) is 0 Å². The number of pyridine rings is 1. The number of carbonyl (C=O) groups excluding carboxylic acids is 1. The van der Waals surface area contributed by atoms with Crippen LogP contribution in [0.3, 0.4) is 0 Å². The summed E-state index contributed by atoms with van der Waals surface area (Å²) in [6, 6.07) is 3.14. The van der Waals surface area contributed by atoms with E-state index in [0.29, 0.717) is 13.1 Å². The highest BCUT2D eigenvalue weighted by atomic mass is 16.4. The SMILES string of the molecule is O=C(O)CC1CN(Cc2ccncc2)C(=O)N1. The molecule has 0 radical (unpaired) electrons. The summed E-state index contributed by atoms with van der Waals surface area (Å²) in [6.45, 7) is 0.901. The van der Waals surface area contributed by atoms with E-state index in [-0.39, 0.29) is 18.5 Å². The molecule has 1 aromatic rings. The van der Waals surface area contributed by atoms with Crippen LogP contribution in [0.4, 0.5) is 4.79 Å². The second kappa shape index (κ2) is 4.82. The maximum absolute atomic E-state index is 11.6. The van der Waals surface area contributed by atoms with Crippen LogP contribution in [0.15, 0.2) is 24.5 Å². The minimum Gasteiger partial charge on any atom is -0.481 e. The summed E-state index contributed by atoms with van der Waals surface area (Å²) in [4.78, 5) is 27.6. The van der Waals surface area contributed by atoms with Crippen LogP contribution in [0, 0.1) is 0 Å². The van der Waals surface area contributed by atoms with Crippen molar-refractivity contribution in [3.63, 3.8) is 0 Å². The molecule has 1 atom stereocenters. The summed E-state index contributed by atoms with van der Waals surface area (Å²) in [7, 11) is 0. The van der Waals surface area contributed by atoms with Gasteiger partial charge in [-0.15, -0.1) is 0 Å². The van der Waals surface area contributed by atoms with Gasteiger partial charge < -0.3 is 15.3 Å². The Morgan fingerprint density at radius 3 is 2.88 bits per heavy atom. The number of hydrogen-bond donors (Lipinski definition) is 2. The third-order valence-corrected chi connectivity index (χ3v) is 2.60. The molecule has 2 N–H and O–H groups in total. The number of hydrogen-bond acceptors (Lipinski definition) is 3. The van der Waals surface area contributed by atoms with Crippen molar-refractivity contribution < 1.29 is 14.7 Å². The van der Waals surface area contributed by atoms with Crippen LogP contribution in [0.2, 0.25) is 0 Å². The topological polar surface area (TPSA) is 82.5 Å². The number of carbonyl (C=O) groups is 2. The highest BCUT2D eigenvalue weighted by molar-refractivity contribution is 5.78. The number of amides is 2. The van der Waals surface area contributed by atoms with Crippen molar-refractivity contribution in [2.24, 2.45) is 0 Å². The first-order valence-corrected chi connectivity index (χ1v) is 5.31. The zero-order valence-electron chi connectivity index (χ0n) is 9.17. The Morgan fingerprint density at radius 1 is 1.53 bits per heavy atom. The molecule has 2 amide bonds. The number of urea groups is 1. The number of nitrogens with zero attached hydrogens (tertiary/aromatic N) is 2. The Kier molecular flexibility index (Phi) is 3.22. The van der Waals surface area contributed by atoms with Gasteiger partial charge in [0.2, 0.25) is 0 Å². The molecule has 1 fully saturated rings. The lowest BCUT2D eigenvalue weighted by atomic mass is 10.2. The molecular weight excluding hydrogens is 222 g/mol. The van der Waals surface area contributed by atoms with Crippen molar-refractivity contribution >= 4 is 12.0 Å². The molecule has 0 aromatic carbocycles. The highest BCUT2D eigenvalue weighted by Crippen LogP contribution is 2.11. The first kappa shape index (κ1) is 11.4. The summed E-state index contributed by atoms with van der Waals surface area (Å²) in [6.07, 6.45) is 3.29. The Hall–Kier alpha value is -2.11. The molecule has 0 spiro atoms. The lowest BCUT2D eigenvalue weighted by molar-refractivity contribution is -0.137. The summed E-state index contributed by atoms with van der Waals surface area (Å²) < 4.78 is 0. The Morgan fingerprint density at radius 2 is 2.24 bits per heavy atom. The molecular formula is C11H13N3O3. The van der Waals surface area contributed by atoms with Crippen LogP contribution in [0.5, 0.6) is 0 Å². The van der Waals surface area contributed by atoms with Gasteiger partial charge in [-0.05, 0) is 17.7 Å². The minimum absolute atomic E-state index is 0.0431. The maximum atomic E-state index is 11.6. The van der Waals surface area contributed by atoms with Crippen LogP contribution in [0.1, 0.15) is 12.0 Å². The van der Waals surface area contributed by atoms with E-state index in [0.717, 1.165) is 5.56 Å². The van der Waals surface area contributed by atoms with Crippen molar-refractivity contribution in [1.29, 1.82) is 0 Å². The maximum Gasteiger partial charge on any atom is 0.318 e. The van der Waals surface area contributed by atoms with Crippen molar-refractivity contribution in [3.05, 3.63) is 30.1 Å². The van der Waals surface area contributed by atoms with E-state index < -0.39 is 5.97 Å². The minimum atomic E-state index is -0.902. The van der Waals surface area contributed by atoms with Crippen molar-refractivity contribution in [2.75, 3.05) is 6.54 Å². The number of rotatable bonds is 4. The number of aliphatic carboxylic acids is 1. The number of aromatic nitrogens is 1. The molecule has 0 saturated carbocycles. The molecule has 17 heavy (non-hydrogen) atoms. The molecule has 1 unspecified atom stereocenters. The van der Waals surface area contributed by atoms with Crippen molar-refractivity contribution in [3.8, 4) is 0 Å². The van der Waals surface area contributed by atoms with Gasteiger partial charge in [-0.3, -0.25) is 9.78 Å². The molecule has 1 aliphatic heterocycles. The third kappa shape index (κ3) is 2.93. The van der Waals surface area contributed by atoms with Crippen LogP contribution in [-0.2, 0) is 11.3 Å².